The summed E-state index contributed by atoms with van der Waals surface area (Å²) in [7, 11) is -3.52. The molecule has 1 saturated heterocycles. The Labute approximate surface area is 124 Å². The Bertz CT molecular complexity index is 642. The molecule has 1 unspecified atom stereocenters. The molecule has 3 rings (SSSR count). The summed E-state index contributed by atoms with van der Waals surface area (Å²) in [6.45, 7) is 0.871. The van der Waals surface area contributed by atoms with Crippen LogP contribution in [0.4, 0.5) is 0 Å². The van der Waals surface area contributed by atoms with Crippen LogP contribution in [-0.2, 0) is 10.0 Å². The number of halogens is 1. The van der Waals surface area contributed by atoms with Crippen LogP contribution in [0.15, 0.2) is 33.6 Å². The van der Waals surface area contributed by atoms with Gasteiger partial charge in [-0.05, 0) is 37.8 Å². The van der Waals surface area contributed by atoms with Gasteiger partial charge >= 0.3 is 0 Å². The Kier molecular flexibility index (Phi) is 3.73. The number of alkyl halides is 1. The van der Waals surface area contributed by atoms with Crippen LogP contribution in [0.1, 0.15) is 31.2 Å². The highest BCUT2D eigenvalue weighted by molar-refractivity contribution is 7.90. The summed E-state index contributed by atoms with van der Waals surface area (Å²) in [5.74, 6) is 1.27. The first kappa shape index (κ1) is 13.9. The molecular formula is C14H17ClN2O2S. The molecule has 0 aliphatic carbocycles. The zero-order chi connectivity index (χ0) is 14.2. The zero-order valence-corrected chi connectivity index (χ0v) is 12.7. The molecular weight excluding hydrogens is 296 g/mol. The van der Waals surface area contributed by atoms with Gasteiger partial charge in [0.15, 0.2) is 5.84 Å². The minimum atomic E-state index is -3.52. The van der Waals surface area contributed by atoms with Crippen molar-refractivity contribution < 1.29 is 8.42 Å². The number of benzene rings is 1. The maximum atomic E-state index is 12.1. The van der Waals surface area contributed by atoms with Crippen molar-refractivity contribution in [3.8, 4) is 0 Å². The maximum Gasteiger partial charge on any atom is 0.285 e. The first-order valence-electron chi connectivity index (χ1n) is 6.90. The van der Waals surface area contributed by atoms with E-state index >= 15 is 0 Å². The van der Waals surface area contributed by atoms with E-state index in [4.69, 9.17) is 11.6 Å². The second-order valence-corrected chi connectivity index (χ2v) is 7.16. The van der Waals surface area contributed by atoms with Gasteiger partial charge in [-0.2, -0.15) is 8.42 Å². The predicted octanol–water partition coefficient (Wildman–Crippen LogP) is 2.62. The molecule has 108 valence electrons. The Morgan fingerprint density at radius 1 is 1.35 bits per heavy atom. The van der Waals surface area contributed by atoms with E-state index in [1.54, 1.807) is 12.1 Å². The fourth-order valence-electron chi connectivity index (χ4n) is 3.02. The molecule has 0 amide bonds. The molecule has 1 aromatic carbocycles. The molecule has 0 spiro atoms. The summed E-state index contributed by atoms with van der Waals surface area (Å²) in [6.07, 6.45) is 4.10. The summed E-state index contributed by atoms with van der Waals surface area (Å²) in [6, 6.07) is 7.43. The Morgan fingerprint density at radius 2 is 2.15 bits per heavy atom. The molecule has 1 fully saturated rings. The topological polar surface area (TPSA) is 49.7 Å². The summed E-state index contributed by atoms with van der Waals surface area (Å²) >= 11 is 5.77. The number of hydrogen-bond acceptors (Lipinski definition) is 3. The van der Waals surface area contributed by atoms with Gasteiger partial charge in [0, 0.05) is 24.0 Å². The molecule has 1 aromatic rings. The Hall–Kier alpha value is -1.07. The van der Waals surface area contributed by atoms with E-state index in [0.29, 0.717) is 22.7 Å². The third-order valence-corrected chi connectivity index (χ3v) is 5.53. The third kappa shape index (κ3) is 2.33. The second-order valence-electron chi connectivity index (χ2n) is 5.21. The Balaban J connectivity index is 1.95. The van der Waals surface area contributed by atoms with E-state index in [2.05, 4.69) is 9.30 Å². The average Bonchev–Trinajstić information content (AvgIpc) is 3.00. The largest absolute Gasteiger partial charge is 0.352 e. The van der Waals surface area contributed by atoms with Crippen molar-refractivity contribution in [3.05, 3.63) is 29.8 Å². The maximum absolute atomic E-state index is 12.1. The number of nitrogens with zero attached hydrogens (tertiary/aromatic N) is 2. The van der Waals surface area contributed by atoms with Crippen LogP contribution < -0.4 is 0 Å². The molecule has 4 nitrogen and oxygen atoms in total. The first-order chi connectivity index (χ1) is 9.63. The minimum absolute atomic E-state index is 0.331. The summed E-state index contributed by atoms with van der Waals surface area (Å²) in [4.78, 5) is 2.48. The molecule has 2 aliphatic rings. The summed E-state index contributed by atoms with van der Waals surface area (Å²) in [5, 5.41) is 0. The van der Waals surface area contributed by atoms with Crippen LogP contribution in [-0.4, -0.2) is 37.6 Å². The van der Waals surface area contributed by atoms with Crippen molar-refractivity contribution >= 4 is 27.5 Å². The number of sulfonamides is 1. The number of likely N-dealkylation sites (tertiary alicyclic amines) is 1. The number of rotatable bonds is 3. The lowest BCUT2D eigenvalue weighted by molar-refractivity contribution is 0.368. The van der Waals surface area contributed by atoms with E-state index < -0.39 is 10.0 Å². The molecule has 2 heterocycles. The number of amidine groups is 1. The van der Waals surface area contributed by atoms with Crippen LogP contribution in [0.5, 0.6) is 0 Å². The van der Waals surface area contributed by atoms with Crippen LogP contribution in [0.25, 0.3) is 0 Å². The van der Waals surface area contributed by atoms with Gasteiger partial charge < -0.3 is 4.90 Å². The molecule has 0 N–H and O–H groups in total. The Morgan fingerprint density at radius 3 is 2.95 bits per heavy atom. The lowest BCUT2D eigenvalue weighted by Gasteiger charge is -2.26. The molecule has 0 bridgehead atoms. The van der Waals surface area contributed by atoms with Gasteiger partial charge in [0.25, 0.3) is 10.0 Å². The molecule has 0 aromatic heterocycles. The van der Waals surface area contributed by atoms with Gasteiger partial charge in [-0.25, -0.2) is 0 Å². The molecule has 0 saturated carbocycles. The van der Waals surface area contributed by atoms with Crippen molar-refractivity contribution in [1.29, 1.82) is 0 Å². The van der Waals surface area contributed by atoms with E-state index in [9.17, 15) is 8.42 Å². The van der Waals surface area contributed by atoms with Crippen LogP contribution in [0, 0.1) is 0 Å². The van der Waals surface area contributed by atoms with Crippen LogP contribution >= 0.6 is 11.6 Å². The lowest BCUT2D eigenvalue weighted by Crippen LogP contribution is -2.35. The van der Waals surface area contributed by atoms with Crippen molar-refractivity contribution in [2.24, 2.45) is 4.40 Å². The zero-order valence-electron chi connectivity index (χ0n) is 11.1. The number of hydrogen-bond donors (Lipinski definition) is 0. The van der Waals surface area contributed by atoms with E-state index in [-0.39, 0.29) is 0 Å². The second kappa shape index (κ2) is 5.37. The molecule has 2 aliphatic heterocycles. The van der Waals surface area contributed by atoms with Crippen LogP contribution in [0.3, 0.4) is 0 Å². The average molecular weight is 313 g/mol. The van der Waals surface area contributed by atoms with Gasteiger partial charge in [0.1, 0.15) is 4.90 Å². The smallest absolute Gasteiger partial charge is 0.285 e. The van der Waals surface area contributed by atoms with Gasteiger partial charge in [0.05, 0.1) is 0 Å². The van der Waals surface area contributed by atoms with Gasteiger partial charge in [0.2, 0.25) is 0 Å². The third-order valence-electron chi connectivity index (χ3n) is 3.93. The summed E-state index contributed by atoms with van der Waals surface area (Å²) < 4.78 is 28.2. The highest BCUT2D eigenvalue weighted by Gasteiger charge is 2.35. The fourth-order valence-corrected chi connectivity index (χ4v) is 4.39. The molecule has 20 heavy (non-hydrogen) atoms. The van der Waals surface area contributed by atoms with E-state index in [0.717, 1.165) is 37.8 Å². The monoisotopic (exact) mass is 312 g/mol. The van der Waals surface area contributed by atoms with Gasteiger partial charge in [-0.15, -0.1) is 16.0 Å². The summed E-state index contributed by atoms with van der Waals surface area (Å²) in [5.41, 5.74) is 0.741. The normalized spacial score (nSPS) is 23.8. The van der Waals surface area contributed by atoms with Crippen molar-refractivity contribution in [2.75, 3.05) is 12.4 Å². The van der Waals surface area contributed by atoms with Crippen LogP contribution in [0.2, 0.25) is 0 Å². The van der Waals surface area contributed by atoms with Crippen molar-refractivity contribution in [2.45, 2.75) is 36.6 Å². The highest BCUT2D eigenvalue weighted by atomic mass is 35.5. The number of fused-ring (bicyclic) bond motifs is 1. The lowest BCUT2D eigenvalue weighted by atomic mass is 10.1. The van der Waals surface area contributed by atoms with Gasteiger partial charge in [-0.3, -0.25) is 0 Å². The quantitative estimate of drug-likeness (QED) is 0.806. The van der Waals surface area contributed by atoms with E-state index in [1.165, 1.54) is 0 Å². The minimum Gasteiger partial charge on any atom is -0.352 e. The molecule has 1 atom stereocenters. The highest BCUT2D eigenvalue weighted by Crippen LogP contribution is 2.32. The predicted molar refractivity (Wildman–Crippen MR) is 79.8 cm³/mol. The first-order valence-corrected chi connectivity index (χ1v) is 8.88. The fraction of sp³-hybridized carbons (Fsp3) is 0.500. The van der Waals surface area contributed by atoms with Gasteiger partial charge in [-0.1, -0.05) is 12.1 Å². The SMILES string of the molecule is O=S1(=O)N=C(N2CCCC2CCCCl)c2ccccc21. The van der Waals surface area contributed by atoms with Crippen molar-refractivity contribution in [1.82, 2.24) is 4.90 Å². The molecule has 6 heteroatoms. The standard InChI is InChI=1S/C14H17ClN2O2S/c15-9-3-5-11-6-4-10-17(11)14-12-7-1-2-8-13(12)20(18,19)16-14/h1-2,7-8,11H,3-6,9-10H2. The van der Waals surface area contributed by atoms with E-state index in [1.807, 2.05) is 12.1 Å². The molecule has 0 radical (unpaired) electrons. The van der Waals surface area contributed by atoms with Crippen molar-refractivity contribution in [3.63, 3.8) is 0 Å².